The molecule has 76 valence electrons. The van der Waals surface area contributed by atoms with E-state index in [0.717, 1.165) is 5.56 Å². The van der Waals surface area contributed by atoms with Crippen LogP contribution >= 0.6 is 11.6 Å². The van der Waals surface area contributed by atoms with Crippen molar-refractivity contribution < 1.29 is 9.47 Å². The lowest BCUT2D eigenvalue weighted by Gasteiger charge is -2.10. The summed E-state index contributed by atoms with van der Waals surface area (Å²) in [6.45, 7) is 1.03. The number of hydrogen-bond acceptors (Lipinski definition) is 3. The smallest absolute Gasteiger partial charge is 0.184 e. The van der Waals surface area contributed by atoms with Gasteiger partial charge in [-0.2, -0.15) is 0 Å². The first-order chi connectivity index (χ1) is 6.79. The zero-order valence-corrected chi connectivity index (χ0v) is 8.41. The molecule has 0 amide bonds. The highest BCUT2D eigenvalue weighted by Crippen LogP contribution is 2.27. The van der Waals surface area contributed by atoms with Crippen LogP contribution in [0.2, 0.25) is 5.02 Å². The Balaban J connectivity index is 2.09. The predicted octanol–water partition coefficient (Wildman–Crippen LogP) is 1.71. The Morgan fingerprint density at radius 3 is 3.00 bits per heavy atom. The van der Waals surface area contributed by atoms with E-state index >= 15 is 0 Å². The SMILES string of the molecule is NCC1COC(c2cccc(Cl)c2)O1. The second kappa shape index (κ2) is 4.28. The molecule has 1 heterocycles. The van der Waals surface area contributed by atoms with Crippen molar-refractivity contribution in [1.29, 1.82) is 0 Å². The fraction of sp³-hybridized carbons (Fsp3) is 0.400. The largest absolute Gasteiger partial charge is 0.346 e. The van der Waals surface area contributed by atoms with Crippen molar-refractivity contribution in [3.63, 3.8) is 0 Å². The summed E-state index contributed by atoms with van der Waals surface area (Å²) in [6.07, 6.45) is -0.318. The lowest BCUT2D eigenvalue weighted by Crippen LogP contribution is -2.21. The van der Waals surface area contributed by atoms with Crippen molar-refractivity contribution in [2.45, 2.75) is 12.4 Å². The lowest BCUT2D eigenvalue weighted by molar-refractivity contribution is -0.0585. The number of nitrogens with two attached hydrogens (primary N) is 1. The first-order valence-corrected chi connectivity index (χ1v) is 4.90. The minimum absolute atomic E-state index is 0.000943. The maximum atomic E-state index is 5.86. The van der Waals surface area contributed by atoms with E-state index in [-0.39, 0.29) is 12.4 Å². The number of ether oxygens (including phenoxy) is 2. The molecule has 0 bridgehead atoms. The molecule has 3 nitrogen and oxygen atoms in total. The van der Waals surface area contributed by atoms with Gasteiger partial charge in [0, 0.05) is 17.1 Å². The van der Waals surface area contributed by atoms with Crippen molar-refractivity contribution in [2.24, 2.45) is 5.73 Å². The normalized spacial score (nSPS) is 26.7. The predicted molar refractivity (Wildman–Crippen MR) is 54.1 cm³/mol. The van der Waals surface area contributed by atoms with Gasteiger partial charge in [-0.15, -0.1) is 0 Å². The summed E-state index contributed by atoms with van der Waals surface area (Å²) in [5, 5.41) is 0.686. The van der Waals surface area contributed by atoms with Gasteiger partial charge >= 0.3 is 0 Å². The quantitative estimate of drug-likeness (QED) is 0.814. The summed E-state index contributed by atoms with van der Waals surface area (Å²) in [4.78, 5) is 0. The van der Waals surface area contributed by atoms with Gasteiger partial charge in [-0.3, -0.25) is 0 Å². The van der Waals surface area contributed by atoms with E-state index in [9.17, 15) is 0 Å². The fourth-order valence-corrected chi connectivity index (χ4v) is 1.60. The van der Waals surface area contributed by atoms with Crippen LogP contribution in [0.4, 0.5) is 0 Å². The van der Waals surface area contributed by atoms with Gasteiger partial charge in [0.05, 0.1) is 12.7 Å². The second-order valence-electron chi connectivity index (χ2n) is 3.21. The summed E-state index contributed by atoms with van der Waals surface area (Å²) < 4.78 is 11.0. The molecule has 14 heavy (non-hydrogen) atoms. The highest BCUT2D eigenvalue weighted by molar-refractivity contribution is 6.30. The van der Waals surface area contributed by atoms with Crippen LogP contribution in [-0.4, -0.2) is 19.3 Å². The Labute approximate surface area is 87.8 Å². The monoisotopic (exact) mass is 213 g/mol. The van der Waals surface area contributed by atoms with E-state index in [4.69, 9.17) is 26.8 Å². The summed E-state index contributed by atoms with van der Waals surface area (Å²) in [7, 11) is 0. The molecule has 2 rings (SSSR count). The van der Waals surface area contributed by atoms with Crippen LogP contribution in [0, 0.1) is 0 Å². The molecule has 0 spiro atoms. The summed E-state index contributed by atoms with van der Waals surface area (Å²) in [5.74, 6) is 0. The van der Waals surface area contributed by atoms with Gasteiger partial charge in [-0.25, -0.2) is 0 Å². The van der Waals surface area contributed by atoms with Gasteiger partial charge in [-0.1, -0.05) is 23.7 Å². The maximum absolute atomic E-state index is 5.86. The molecular formula is C10H12ClNO2. The van der Waals surface area contributed by atoms with Crippen molar-refractivity contribution in [3.8, 4) is 0 Å². The number of halogens is 1. The van der Waals surface area contributed by atoms with Crippen molar-refractivity contribution in [1.82, 2.24) is 0 Å². The molecule has 1 aliphatic rings. The third kappa shape index (κ3) is 2.07. The average molecular weight is 214 g/mol. The van der Waals surface area contributed by atoms with E-state index in [1.807, 2.05) is 24.3 Å². The Hall–Kier alpha value is -0.610. The Morgan fingerprint density at radius 2 is 2.36 bits per heavy atom. The number of rotatable bonds is 2. The first kappa shape index (κ1) is 9.93. The van der Waals surface area contributed by atoms with Gasteiger partial charge in [0.25, 0.3) is 0 Å². The van der Waals surface area contributed by atoms with Crippen LogP contribution in [-0.2, 0) is 9.47 Å². The van der Waals surface area contributed by atoms with Crippen LogP contribution in [0.5, 0.6) is 0 Å². The molecular weight excluding hydrogens is 202 g/mol. The number of hydrogen-bond donors (Lipinski definition) is 1. The van der Waals surface area contributed by atoms with Gasteiger partial charge in [0.1, 0.15) is 0 Å². The standard InChI is InChI=1S/C10H12ClNO2/c11-8-3-1-2-7(4-8)10-13-6-9(5-12)14-10/h1-4,9-10H,5-6,12H2. The molecule has 1 aromatic carbocycles. The molecule has 0 aliphatic carbocycles. The minimum atomic E-state index is -0.317. The third-order valence-electron chi connectivity index (χ3n) is 2.13. The molecule has 0 saturated carbocycles. The van der Waals surface area contributed by atoms with Crippen LogP contribution in [0.25, 0.3) is 0 Å². The Kier molecular flexibility index (Phi) is 3.03. The van der Waals surface area contributed by atoms with E-state index in [2.05, 4.69) is 0 Å². The fourth-order valence-electron chi connectivity index (χ4n) is 1.40. The molecule has 1 saturated heterocycles. The molecule has 2 unspecified atom stereocenters. The van der Waals surface area contributed by atoms with Crippen molar-refractivity contribution in [3.05, 3.63) is 34.9 Å². The van der Waals surface area contributed by atoms with Crippen LogP contribution in [0.1, 0.15) is 11.9 Å². The highest BCUT2D eigenvalue weighted by atomic mass is 35.5. The molecule has 0 aromatic heterocycles. The lowest BCUT2D eigenvalue weighted by atomic mass is 10.2. The minimum Gasteiger partial charge on any atom is -0.346 e. The van der Waals surface area contributed by atoms with E-state index in [1.54, 1.807) is 0 Å². The maximum Gasteiger partial charge on any atom is 0.184 e. The van der Waals surface area contributed by atoms with E-state index in [0.29, 0.717) is 18.2 Å². The van der Waals surface area contributed by atoms with E-state index < -0.39 is 0 Å². The molecule has 1 aromatic rings. The van der Waals surface area contributed by atoms with Crippen molar-refractivity contribution in [2.75, 3.05) is 13.2 Å². The molecule has 4 heteroatoms. The zero-order chi connectivity index (χ0) is 9.97. The topological polar surface area (TPSA) is 44.5 Å². The zero-order valence-electron chi connectivity index (χ0n) is 7.65. The first-order valence-electron chi connectivity index (χ1n) is 4.52. The summed E-state index contributed by atoms with van der Waals surface area (Å²) in [6, 6.07) is 7.46. The summed E-state index contributed by atoms with van der Waals surface area (Å²) >= 11 is 5.86. The molecule has 0 radical (unpaired) electrons. The molecule has 1 fully saturated rings. The van der Waals surface area contributed by atoms with Crippen LogP contribution in [0.3, 0.4) is 0 Å². The average Bonchev–Trinajstić information content (AvgIpc) is 2.66. The highest BCUT2D eigenvalue weighted by Gasteiger charge is 2.26. The molecule has 1 aliphatic heterocycles. The second-order valence-corrected chi connectivity index (χ2v) is 3.65. The van der Waals surface area contributed by atoms with Crippen LogP contribution < -0.4 is 5.73 Å². The number of benzene rings is 1. The Bertz CT molecular complexity index is 319. The van der Waals surface area contributed by atoms with E-state index in [1.165, 1.54) is 0 Å². The van der Waals surface area contributed by atoms with Crippen LogP contribution in [0.15, 0.2) is 24.3 Å². The molecule has 2 atom stereocenters. The van der Waals surface area contributed by atoms with Crippen molar-refractivity contribution >= 4 is 11.6 Å². The van der Waals surface area contributed by atoms with Gasteiger partial charge in [-0.05, 0) is 12.1 Å². The summed E-state index contributed by atoms with van der Waals surface area (Å²) in [5.41, 5.74) is 6.41. The van der Waals surface area contributed by atoms with Gasteiger partial charge < -0.3 is 15.2 Å². The molecule has 2 N–H and O–H groups in total. The third-order valence-corrected chi connectivity index (χ3v) is 2.37. The Morgan fingerprint density at radius 1 is 1.50 bits per heavy atom. The van der Waals surface area contributed by atoms with Gasteiger partial charge in [0.15, 0.2) is 6.29 Å². The van der Waals surface area contributed by atoms with Gasteiger partial charge in [0.2, 0.25) is 0 Å².